The molecule has 5 aliphatic carbocycles. The predicted octanol–water partition coefficient (Wildman–Crippen LogP) is 7.98. The van der Waals surface area contributed by atoms with Crippen LogP contribution < -0.4 is 0 Å². The summed E-state index contributed by atoms with van der Waals surface area (Å²) in [6.07, 6.45) is 18.4. The molecular formula is C42H55FO6. The van der Waals surface area contributed by atoms with E-state index >= 15 is 4.39 Å². The molecule has 0 radical (unpaired) electrons. The summed E-state index contributed by atoms with van der Waals surface area (Å²) >= 11 is 0. The van der Waals surface area contributed by atoms with Gasteiger partial charge >= 0.3 is 5.97 Å². The lowest BCUT2D eigenvalue weighted by Crippen LogP contribution is -2.70. The molecule has 0 amide bonds. The van der Waals surface area contributed by atoms with Gasteiger partial charge in [-0.25, -0.2) is 4.39 Å². The lowest BCUT2D eigenvalue weighted by Gasteiger charge is -2.63. The number of hydrogen-bond acceptors (Lipinski definition) is 6. The minimum Gasteiger partial charge on any atom is -0.449 e. The monoisotopic (exact) mass is 674 g/mol. The van der Waals surface area contributed by atoms with Crippen molar-refractivity contribution in [3.05, 3.63) is 82.5 Å². The van der Waals surface area contributed by atoms with Gasteiger partial charge in [0.2, 0.25) is 5.78 Å². The molecule has 0 bridgehead atoms. The number of halogens is 1. The van der Waals surface area contributed by atoms with E-state index in [4.69, 9.17) is 4.74 Å². The third-order valence-corrected chi connectivity index (χ3v) is 13.4. The Morgan fingerprint density at radius 1 is 1.10 bits per heavy atom. The van der Waals surface area contributed by atoms with Crippen molar-refractivity contribution in [2.75, 3.05) is 6.61 Å². The van der Waals surface area contributed by atoms with Crippen LogP contribution in [0, 0.1) is 34.0 Å². The molecule has 0 spiro atoms. The molecule has 0 aromatic carbocycles. The molecule has 0 aliphatic heterocycles. The van der Waals surface area contributed by atoms with E-state index < -0.39 is 69.7 Å². The number of Topliss-reactive ketones (excluding diaryl/α,β-unsaturated/α-hetero) is 1. The lowest BCUT2D eigenvalue weighted by atomic mass is 9.44. The first-order valence-electron chi connectivity index (χ1n) is 18.0. The van der Waals surface area contributed by atoms with Crippen molar-refractivity contribution in [3.63, 3.8) is 0 Å². The lowest BCUT2D eigenvalue weighted by molar-refractivity contribution is -0.231. The second-order valence-electron chi connectivity index (χ2n) is 16.1. The summed E-state index contributed by atoms with van der Waals surface area (Å²) in [5.74, 6) is -2.91. The van der Waals surface area contributed by atoms with E-state index in [1.54, 1.807) is 13.0 Å². The van der Waals surface area contributed by atoms with Crippen molar-refractivity contribution in [1.29, 1.82) is 0 Å². The number of aliphatic hydroxyl groups excluding tert-OH is 2. The molecule has 3 fully saturated rings. The van der Waals surface area contributed by atoms with E-state index in [2.05, 4.69) is 0 Å². The molecule has 5 aliphatic rings. The van der Waals surface area contributed by atoms with Crippen molar-refractivity contribution in [2.24, 2.45) is 34.0 Å². The summed E-state index contributed by atoms with van der Waals surface area (Å²) in [7, 11) is 0. The standard InChI is InChI=1S/C42H55FO6/c1-9-26(2)12-10-13-27(3)15-17-32-28(4)14-11-20-38(32,6)37(48)49-42(36(47)25-44)29(5)22-34-33-18-16-30-23-31(45)19-21-39(30,7)41(33,43)35(46)24-40(34,42)8/h9-10,12-13,15,17,19,21,23,29,33-35,44,46H,11,14,16,18,20,22,24-25H2,1-8H3/t29-,33+,34+,35+,38?,39+,40+,41+,42+/m1/s1. The molecule has 0 saturated heterocycles. The van der Waals surface area contributed by atoms with Crippen molar-refractivity contribution in [1.82, 2.24) is 0 Å². The molecule has 0 aromatic heterocycles. The summed E-state index contributed by atoms with van der Waals surface area (Å²) in [4.78, 5) is 41.1. The van der Waals surface area contributed by atoms with Crippen LogP contribution in [0.1, 0.15) is 100 Å². The molecule has 3 saturated carbocycles. The summed E-state index contributed by atoms with van der Waals surface area (Å²) in [6, 6.07) is 0. The highest BCUT2D eigenvalue weighted by Gasteiger charge is 2.77. The number of aliphatic hydroxyl groups is 2. The SMILES string of the molecule is CC=C(C)C=CC=C(C)C=CC1=C(C)CCCC1(C)C(=O)O[C@]1(C(=O)CO)[C@H](C)C[C@H]2[C@@H]3CCC4=CC(=O)C=C[C@]4(C)[C@@]3(F)[C@@H](O)C[C@@]21C. The van der Waals surface area contributed by atoms with E-state index in [-0.39, 0.29) is 12.2 Å². The van der Waals surface area contributed by atoms with Crippen LogP contribution in [0.15, 0.2) is 82.5 Å². The Kier molecular flexibility index (Phi) is 9.99. The average Bonchev–Trinajstić information content (AvgIpc) is 3.27. The van der Waals surface area contributed by atoms with Crippen LogP contribution >= 0.6 is 0 Å². The summed E-state index contributed by atoms with van der Waals surface area (Å²) in [5.41, 5.74) is -2.43. The Morgan fingerprint density at radius 2 is 1.82 bits per heavy atom. The number of alkyl halides is 1. The third kappa shape index (κ3) is 5.54. The van der Waals surface area contributed by atoms with Crippen molar-refractivity contribution < 1.29 is 33.7 Å². The van der Waals surface area contributed by atoms with Gasteiger partial charge in [0.15, 0.2) is 17.1 Å². The van der Waals surface area contributed by atoms with Crippen molar-refractivity contribution in [3.8, 4) is 0 Å². The highest BCUT2D eigenvalue weighted by molar-refractivity contribution is 6.01. The van der Waals surface area contributed by atoms with Crippen LogP contribution in [-0.4, -0.2) is 51.7 Å². The summed E-state index contributed by atoms with van der Waals surface area (Å²) in [5, 5.41) is 22.3. The third-order valence-electron chi connectivity index (χ3n) is 13.4. The molecule has 1 unspecified atom stereocenters. The summed E-state index contributed by atoms with van der Waals surface area (Å²) < 4.78 is 24.4. The van der Waals surface area contributed by atoms with Crippen LogP contribution in [0.2, 0.25) is 0 Å². The van der Waals surface area contributed by atoms with Crippen LogP contribution in [0.5, 0.6) is 0 Å². The fourth-order valence-corrected chi connectivity index (χ4v) is 10.5. The zero-order chi connectivity index (χ0) is 36.2. The molecule has 9 atom stereocenters. The van der Waals surface area contributed by atoms with E-state index in [1.807, 2.05) is 84.9 Å². The van der Waals surface area contributed by atoms with Gasteiger partial charge in [-0.05, 0) is 110 Å². The summed E-state index contributed by atoms with van der Waals surface area (Å²) in [6.45, 7) is 14.6. The maximum absolute atomic E-state index is 17.8. The Hall–Kier alpha value is -3.16. The Bertz CT molecular complexity index is 1620. The van der Waals surface area contributed by atoms with Crippen LogP contribution in [0.25, 0.3) is 0 Å². The fraction of sp³-hybridized carbons (Fsp3) is 0.595. The van der Waals surface area contributed by atoms with Gasteiger partial charge in [0.1, 0.15) is 6.61 Å². The maximum Gasteiger partial charge on any atom is 0.317 e. The topological polar surface area (TPSA) is 101 Å². The van der Waals surface area contributed by atoms with Crippen molar-refractivity contribution in [2.45, 2.75) is 118 Å². The molecule has 5 rings (SSSR count). The first-order valence-corrected chi connectivity index (χ1v) is 18.0. The Labute approximate surface area is 291 Å². The molecule has 0 aromatic rings. The second-order valence-corrected chi connectivity index (χ2v) is 16.1. The van der Waals surface area contributed by atoms with Crippen LogP contribution in [-0.2, 0) is 19.1 Å². The highest BCUT2D eigenvalue weighted by Crippen LogP contribution is 2.71. The number of esters is 1. The van der Waals surface area contributed by atoms with E-state index in [0.717, 1.165) is 35.1 Å². The molecule has 7 heteroatoms. The van der Waals surface area contributed by atoms with Crippen molar-refractivity contribution >= 4 is 17.5 Å². The Morgan fingerprint density at radius 3 is 2.49 bits per heavy atom. The average molecular weight is 675 g/mol. The van der Waals surface area contributed by atoms with E-state index in [0.29, 0.717) is 31.3 Å². The zero-order valence-corrected chi connectivity index (χ0v) is 30.6. The smallest absolute Gasteiger partial charge is 0.317 e. The number of fused-ring (bicyclic) bond motifs is 5. The van der Waals surface area contributed by atoms with Gasteiger partial charge in [0.05, 0.1) is 11.5 Å². The molecule has 0 heterocycles. The van der Waals surface area contributed by atoms with Gasteiger partial charge in [0.25, 0.3) is 0 Å². The first-order chi connectivity index (χ1) is 23.0. The molecule has 6 nitrogen and oxygen atoms in total. The fourth-order valence-electron chi connectivity index (χ4n) is 10.5. The van der Waals surface area contributed by atoms with Gasteiger partial charge in [-0.15, -0.1) is 0 Å². The van der Waals surface area contributed by atoms with E-state index in [1.165, 1.54) is 12.2 Å². The van der Waals surface area contributed by atoms with Crippen LogP contribution in [0.4, 0.5) is 4.39 Å². The van der Waals surface area contributed by atoms with Gasteiger partial charge in [-0.2, -0.15) is 0 Å². The zero-order valence-electron chi connectivity index (χ0n) is 30.6. The molecular weight excluding hydrogens is 619 g/mol. The number of rotatable bonds is 8. The predicted molar refractivity (Wildman–Crippen MR) is 190 cm³/mol. The minimum absolute atomic E-state index is 0.124. The first kappa shape index (κ1) is 37.1. The van der Waals surface area contributed by atoms with Crippen LogP contribution in [0.3, 0.4) is 0 Å². The number of carbonyl (C=O) groups is 3. The minimum atomic E-state index is -2.08. The number of ether oxygens (including phenoxy) is 1. The normalized spacial score (nSPS) is 41.1. The highest BCUT2D eigenvalue weighted by atomic mass is 19.1. The maximum atomic E-state index is 17.8. The second kappa shape index (κ2) is 13.2. The molecule has 49 heavy (non-hydrogen) atoms. The number of allylic oxidation sites excluding steroid dienone is 13. The van der Waals surface area contributed by atoms with Gasteiger partial charge < -0.3 is 14.9 Å². The largest absolute Gasteiger partial charge is 0.449 e. The Balaban J connectivity index is 1.52. The van der Waals surface area contributed by atoms with Gasteiger partial charge in [-0.3, -0.25) is 14.4 Å². The van der Waals surface area contributed by atoms with E-state index in [9.17, 15) is 24.6 Å². The number of ketones is 2. The number of hydrogen-bond donors (Lipinski definition) is 2. The molecule has 2 N–H and O–H groups in total. The molecule has 266 valence electrons. The van der Waals surface area contributed by atoms with Gasteiger partial charge in [0, 0.05) is 22.7 Å². The van der Waals surface area contributed by atoms with Gasteiger partial charge in [-0.1, -0.05) is 78.7 Å². The quantitative estimate of drug-likeness (QED) is 0.200. The number of carbonyl (C=O) groups excluding carboxylic acids is 3.